The van der Waals surface area contributed by atoms with Crippen LogP contribution in [0.25, 0.3) is 0 Å². The molecule has 1 aromatic rings. The third-order valence-electron chi connectivity index (χ3n) is 3.54. The fourth-order valence-corrected chi connectivity index (χ4v) is 2.07. The average molecular weight is 278 g/mol. The Labute approximate surface area is 121 Å². The predicted octanol–water partition coefficient (Wildman–Crippen LogP) is 1.46. The number of aliphatic imine (C=N–C) groups is 1. The molecule has 0 radical (unpaired) electrons. The van der Waals surface area contributed by atoms with E-state index in [1.54, 1.807) is 0 Å². The molecule has 112 valence electrons. The SMILES string of the molecule is CN=C(NCc1ccn(C)c1)N(C)CCOCC1CC1. The van der Waals surface area contributed by atoms with Crippen molar-refractivity contribution in [2.75, 3.05) is 33.9 Å². The zero-order valence-electron chi connectivity index (χ0n) is 12.8. The molecule has 0 atom stereocenters. The number of nitrogens with zero attached hydrogens (tertiary/aromatic N) is 3. The summed E-state index contributed by atoms with van der Waals surface area (Å²) in [5.74, 6) is 1.74. The van der Waals surface area contributed by atoms with Crippen LogP contribution in [0, 0.1) is 5.92 Å². The summed E-state index contributed by atoms with van der Waals surface area (Å²) >= 11 is 0. The van der Waals surface area contributed by atoms with E-state index in [2.05, 4.69) is 38.2 Å². The topological polar surface area (TPSA) is 41.8 Å². The Bertz CT molecular complexity index is 437. The second kappa shape index (κ2) is 7.33. The highest BCUT2D eigenvalue weighted by Gasteiger charge is 2.21. The van der Waals surface area contributed by atoms with E-state index < -0.39 is 0 Å². The van der Waals surface area contributed by atoms with E-state index in [0.717, 1.165) is 38.2 Å². The van der Waals surface area contributed by atoms with Crippen LogP contribution in [0.15, 0.2) is 23.5 Å². The molecular formula is C15H26N4O. The van der Waals surface area contributed by atoms with Gasteiger partial charge in [-0.2, -0.15) is 0 Å². The second-order valence-corrected chi connectivity index (χ2v) is 5.53. The normalized spacial score (nSPS) is 15.4. The molecule has 1 fully saturated rings. The largest absolute Gasteiger partial charge is 0.379 e. The molecule has 1 aliphatic rings. The van der Waals surface area contributed by atoms with Gasteiger partial charge in [0, 0.05) is 53.2 Å². The summed E-state index contributed by atoms with van der Waals surface area (Å²) in [5.41, 5.74) is 1.26. The maximum absolute atomic E-state index is 5.66. The number of likely N-dealkylation sites (N-methyl/N-ethyl adjacent to an activating group) is 1. The summed E-state index contributed by atoms with van der Waals surface area (Å²) in [4.78, 5) is 6.41. The highest BCUT2D eigenvalue weighted by molar-refractivity contribution is 5.79. The molecule has 1 aromatic heterocycles. The monoisotopic (exact) mass is 278 g/mol. The molecule has 2 rings (SSSR count). The molecule has 1 N–H and O–H groups in total. The van der Waals surface area contributed by atoms with Crippen LogP contribution in [-0.2, 0) is 18.3 Å². The van der Waals surface area contributed by atoms with Crippen LogP contribution in [-0.4, -0.2) is 49.3 Å². The van der Waals surface area contributed by atoms with Crippen molar-refractivity contribution in [3.8, 4) is 0 Å². The lowest BCUT2D eigenvalue weighted by Crippen LogP contribution is -2.40. The molecule has 0 unspecified atom stereocenters. The Hall–Kier alpha value is -1.49. The van der Waals surface area contributed by atoms with E-state index >= 15 is 0 Å². The van der Waals surface area contributed by atoms with Gasteiger partial charge in [0.2, 0.25) is 0 Å². The fraction of sp³-hybridized carbons (Fsp3) is 0.667. The van der Waals surface area contributed by atoms with Crippen molar-refractivity contribution in [2.45, 2.75) is 19.4 Å². The van der Waals surface area contributed by atoms with Crippen LogP contribution in [0.5, 0.6) is 0 Å². The number of aryl methyl sites for hydroxylation is 1. The quantitative estimate of drug-likeness (QED) is 0.466. The van der Waals surface area contributed by atoms with Crippen LogP contribution < -0.4 is 5.32 Å². The van der Waals surface area contributed by atoms with Crippen molar-refractivity contribution in [1.29, 1.82) is 0 Å². The van der Waals surface area contributed by atoms with Crippen LogP contribution in [0.2, 0.25) is 0 Å². The zero-order chi connectivity index (χ0) is 14.4. The Morgan fingerprint density at radius 2 is 2.35 bits per heavy atom. The Morgan fingerprint density at radius 1 is 1.55 bits per heavy atom. The van der Waals surface area contributed by atoms with Gasteiger partial charge in [-0.1, -0.05) is 0 Å². The van der Waals surface area contributed by atoms with Crippen LogP contribution >= 0.6 is 0 Å². The van der Waals surface area contributed by atoms with Gasteiger partial charge in [-0.15, -0.1) is 0 Å². The van der Waals surface area contributed by atoms with Crippen molar-refractivity contribution in [3.05, 3.63) is 24.0 Å². The molecular weight excluding hydrogens is 252 g/mol. The minimum absolute atomic E-state index is 0.763. The Morgan fingerprint density at radius 3 is 2.95 bits per heavy atom. The van der Waals surface area contributed by atoms with Crippen molar-refractivity contribution in [3.63, 3.8) is 0 Å². The molecule has 0 bridgehead atoms. The molecule has 0 spiro atoms. The number of ether oxygens (including phenoxy) is 1. The first-order valence-corrected chi connectivity index (χ1v) is 7.29. The minimum atomic E-state index is 0.763. The molecule has 1 aliphatic carbocycles. The predicted molar refractivity (Wildman–Crippen MR) is 81.8 cm³/mol. The van der Waals surface area contributed by atoms with Gasteiger partial charge in [0.25, 0.3) is 0 Å². The molecule has 0 saturated heterocycles. The number of hydrogen-bond acceptors (Lipinski definition) is 2. The summed E-state index contributed by atoms with van der Waals surface area (Å²) in [6, 6.07) is 2.11. The summed E-state index contributed by atoms with van der Waals surface area (Å²) < 4.78 is 7.71. The molecule has 1 saturated carbocycles. The van der Waals surface area contributed by atoms with Crippen molar-refractivity contribution in [1.82, 2.24) is 14.8 Å². The molecule has 5 nitrogen and oxygen atoms in total. The summed E-state index contributed by atoms with van der Waals surface area (Å²) in [6.07, 6.45) is 6.85. The molecule has 0 amide bonds. The second-order valence-electron chi connectivity index (χ2n) is 5.53. The molecule has 0 aromatic carbocycles. The standard InChI is InChI=1S/C15H26N4O/c1-16-15(17-10-14-6-7-18(2)11-14)19(3)8-9-20-12-13-4-5-13/h6-7,11,13H,4-5,8-10,12H2,1-3H3,(H,16,17). The number of nitrogens with one attached hydrogen (secondary N) is 1. The highest BCUT2D eigenvalue weighted by atomic mass is 16.5. The van der Waals surface area contributed by atoms with Gasteiger partial charge in [-0.25, -0.2) is 0 Å². The van der Waals surface area contributed by atoms with Crippen LogP contribution in [0.4, 0.5) is 0 Å². The highest BCUT2D eigenvalue weighted by Crippen LogP contribution is 2.28. The van der Waals surface area contributed by atoms with E-state index in [1.807, 2.05) is 21.1 Å². The maximum Gasteiger partial charge on any atom is 0.193 e. The fourth-order valence-electron chi connectivity index (χ4n) is 2.07. The van der Waals surface area contributed by atoms with Crippen molar-refractivity contribution < 1.29 is 4.74 Å². The van der Waals surface area contributed by atoms with E-state index in [4.69, 9.17) is 4.74 Å². The van der Waals surface area contributed by atoms with Gasteiger partial charge >= 0.3 is 0 Å². The average Bonchev–Trinajstić information content (AvgIpc) is 3.17. The summed E-state index contributed by atoms with van der Waals surface area (Å²) in [5, 5.41) is 3.37. The first-order valence-electron chi connectivity index (χ1n) is 7.29. The van der Waals surface area contributed by atoms with Gasteiger partial charge in [-0.05, 0) is 30.4 Å². The lowest BCUT2D eigenvalue weighted by atomic mass is 10.3. The van der Waals surface area contributed by atoms with Gasteiger partial charge in [0.15, 0.2) is 5.96 Å². The maximum atomic E-state index is 5.66. The van der Waals surface area contributed by atoms with Gasteiger partial charge in [0.1, 0.15) is 0 Å². The van der Waals surface area contributed by atoms with Gasteiger partial charge in [0.05, 0.1) is 6.61 Å². The number of guanidine groups is 1. The third-order valence-corrected chi connectivity index (χ3v) is 3.54. The summed E-state index contributed by atoms with van der Waals surface area (Å²) in [6.45, 7) is 3.34. The van der Waals surface area contributed by atoms with Gasteiger partial charge < -0.3 is 19.5 Å². The summed E-state index contributed by atoms with van der Waals surface area (Å²) in [7, 11) is 5.89. The van der Waals surface area contributed by atoms with Crippen molar-refractivity contribution in [2.24, 2.45) is 18.0 Å². The van der Waals surface area contributed by atoms with E-state index in [1.165, 1.54) is 18.4 Å². The first-order chi connectivity index (χ1) is 9.69. The Balaban J connectivity index is 1.66. The lowest BCUT2D eigenvalue weighted by molar-refractivity contribution is 0.115. The minimum Gasteiger partial charge on any atom is -0.379 e. The Kier molecular flexibility index (Phi) is 5.47. The lowest BCUT2D eigenvalue weighted by Gasteiger charge is -2.21. The zero-order valence-corrected chi connectivity index (χ0v) is 12.8. The smallest absolute Gasteiger partial charge is 0.193 e. The first kappa shape index (κ1) is 14.9. The van der Waals surface area contributed by atoms with Crippen molar-refractivity contribution >= 4 is 5.96 Å². The molecule has 1 heterocycles. The number of aromatic nitrogens is 1. The van der Waals surface area contributed by atoms with Gasteiger partial charge in [-0.3, -0.25) is 4.99 Å². The molecule has 20 heavy (non-hydrogen) atoms. The molecule has 0 aliphatic heterocycles. The van der Waals surface area contributed by atoms with E-state index in [9.17, 15) is 0 Å². The number of hydrogen-bond donors (Lipinski definition) is 1. The van der Waals surface area contributed by atoms with Crippen LogP contribution in [0.1, 0.15) is 18.4 Å². The third kappa shape index (κ3) is 4.89. The number of rotatable bonds is 7. The molecule has 5 heteroatoms. The van der Waals surface area contributed by atoms with E-state index in [-0.39, 0.29) is 0 Å². The van der Waals surface area contributed by atoms with E-state index in [0.29, 0.717) is 0 Å². The van der Waals surface area contributed by atoms with Crippen LogP contribution in [0.3, 0.4) is 0 Å².